The predicted molar refractivity (Wildman–Crippen MR) is 71.2 cm³/mol. The third-order valence-corrected chi connectivity index (χ3v) is 3.02. The van der Waals surface area contributed by atoms with Crippen molar-refractivity contribution >= 4 is 6.08 Å². The van der Waals surface area contributed by atoms with Gasteiger partial charge in [-0.1, -0.05) is 12.5 Å². The standard InChI is InChI=1S/C13H22N4O/c1-3-5-17-13(15-10-16-17)8-11(2)7-12-9-18-6-4-14-12/h8,10,12,14H,3-7,9H2,1-2H3/b11-8-. The largest absolute Gasteiger partial charge is 0.379 e. The molecule has 1 aliphatic rings. The average molecular weight is 250 g/mol. The molecule has 5 nitrogen and oxygen atoms in total. The van der Waals surface area contributed by atoms with Crippen molar-refractivity contribution in [2.24, 2.45) is 0 Å². The number of hydrogen-bond donors (Lipinski definition) is 1. The van der Waals surface area contributed by atoms with E-state index in [0.29, 0.717) is 6.04 Å². The number of nitrogens with zero attached hydrogens (tertiary/aromatic N) is 3. The van der Waals surface area contributed by atoms with Crippen molar-refractivity contribution in [1.29, 1.82) is 0 Å². The number of aryl methyl sites for hydroxylation is 1. The molecule has 0 aromatic carbocycles. The second kappa shape index (κ2) is 6.66. The van der Waals surface area contributed by atoms with Gasteiger partial charge in [-0.3, -0.25) is 0 Å². The molecule has 1 aromatic rings. The molecule has 1 saturated heterocycles. The first-order valence-corrected chi connectivity index (χ1v) is 6.65. The lowest BCUT2D eigenvalue weighted by Gasteiger charge is -2.23. The topological polar surface area (TPSA) is 52.0 Å². The van der Waals surface area contributed by atoms with Gasteiger partial charge in [0.2, 0.25) is 0 Å². The van der Waals surface area contributed by atoms with E-state index >= 15 is 0 Å². The lowest BCUT2D eigenvalue weighted by molar-refractivity contribution is 0.0771. The summed E-state index contributed by atoms with van der Waals surface area (Å²) < 4.78 is 7.41. The van der Waals surface area contributed by atoms with Crippen LogP contribution in [0.15, 0.2) is 11.9 Å². The van der Waals surface area contributed by atoms with E-state index < -0.39 is 0 Å². The predicted octanol–water partition coefficient (Wildman–Crippen LogP) is 1.47. The Morgan fingerprint density at radius 1 is 1.67 bits per heavy atom. The van der Waals surface area contributed by atoms with Crippen LogP contribution in [0.25, 0.3) is 6.08 Å². The highest BCUT2D eigenvalue weighted by Gasteiger charge is 2.13. The molecule has 2 heterocycles. The molecule has 18 heavy (non-hydrogen) atoms. The zero-order valence-corrected chi connectivity index (χ0v) is 11.2. The van der Waals surface area contributed by atoms with Crippen molar-refractivity contribution in [3.05, 3.63) is 17.7 Å². The number of nitrogens with one attached hydrogen (secondary N) is 1. The van der Waals surface area contributed by atoms with Gasteiger partial charge in [-0.2, -0.15) is 5.10 Å². The molecule has 0 aliphatic carbocycles. The molecule has 0 saturated carbocycles. The van der Waals surface area contributed by atoms with Crippen LogP contribution < -0.4 is 5.32 Å². The summed E-state index contributed by atoms with van der Waals surface area (Å²) in [6.07, 6.45) is 5.82. The quantitative estimate of drug-likeness (QED) is 0.860. The Kier molecular flexibility index (Phi) is 4.90. The molecule has 0 spiro atoms. The molecule has 1 N–H and O–H groups in total. The molecule has 0 bridgehead atoms. The monoisotopic (exact) mass is 250 g/mol. The fourth-order valence-corrected chi connectivity index (χ4v) is 2.19. The molecule has 1 fully saturated rings. The van der Waals surface area contributed by atoms with Gasteiger partial charge in [0.1, 0.15) is 6.33 Å². The Morgan fingerprint density at radius 2 is 2.56 bits per heavy atom. The van der Waals surface area contributed by atoms with Crippen molar-refractivity contribution < 1.29 is 4.74 Å². The van der Waals surface area contributed by atoms with Gasteiger partial charge in [-0.25, -0.2) is 9.67 Å². The first kappa shape index (κ1) is 13.2. The minimum Gasteiger partial charge on any atom is -0.379 e. The Bertz CT molecular complexity index is 393. The van der Waals surface area contributed by atoms with E-state index in [1.54, 1.807) is 6.33 Å². The minimum atomic E-state index is 0.428. The molecule has 2 rings (SSSR count). The van der Waals surface area contributed by atoms with Gasteiger partial charge in [0.05, 0.1) is 13.2 Å². The van der Waals surface area contributed by atoms with E-state index in [2.05, 4.69) is 35.3 Å². The van der Waals surface area contributed by atoms with Gasteiger partial charge in [-0.15, -0.1) is 0 Å². The molecule has 5 heteroatoms. The Labute approximate surface area is 108 Å². The lowest BCUT2D eigenvalue weighted by Crippen LogP contribution is -2.41. The van der Waals surface area contributed by atoms with Crippen LogP contribution in [0.2, 0.25) is 0 Å². The number of aromatic nitrogens is 3. The summed E-state index contributed by atoms with van der Waals surface area (Å²) in [4.78, 5) is 4.29. The van der Waals surface area contributed by atoms with E-state index in [1.807, 2.05) is 4.68 Å². The maximum absolute atomic E-state index is 5.46. The summed E-state index contributed by atoms with van der Waals surface area (Å²) >= 11 is 0. The van der Waals surface area contributed by atoms with E-state index in [-0.39, 0.29) is 0 Å². The highest BCUT2D eigenvalue weighted by molar-refractivity contribution is 5.44. The molecule has 0 amide bonds. The number of morpholine rings is 1. The minimum absolute atomic E-state index is 0.428. The van der Waals surface area contributed by atoms with Gasteiger partial charge in [-0.05, 0) is 25.8 Å². The molecule has 1 unspecified atom stereocenters. The molecule has 100 valence electrons. The van der Waals surface area contributed by atoms with Crippen molar-refractivity contribution in [2.45, 2.75) is 39.3 Å². The zero-order valence-electron chi connectivity index (χ0n) is 11.2. The zero-order chi connectivity index (χ0) is 12.8. The van der Waals surface area contributed by atoms with Gasteiger partial charge in [0.15, 0.2) is 5.82 Å². The fraction of sp³-hybridized carbons (Fsp3) is 0.692. The van der Waals surface area contributed by atoms with Crippen molar-refractivity contribution in [1.82, 2.24) is 20.1 Å². The molecular weight excluding hydrogens is 228 g/mol. The molecule has 1 aliphatic heterocycles. The van der Waals surface area contributed by atoms with Crippen LogP contribution in [0.1, 0.15) is 32.5 Å². The van der Waals surface area contributed by atoms with E-state index in [1.165, 1.54) is 5.57 Å². The number of ether oxygens (including phenoxy) is 1. The lowest BCUT2D eigenvalue weighted by atomic mass is 10.1. The van der Waals surface area contributed by atoms with E-state index in [9.17, 15) is 0 Å². The van der Waals surface area contributed by atoms with E-state index in [0.717, 1.165) is 45.0 Å². The van der Waals surface area contributed by atoms with Crippen LogP contribution in [0.4, 0.5) is 0 Å². The molecule has 1 aromatic heterocycles. The highest BCUT2D eigenvalue weighted by Crippen LogP contribution is 2.11. The summed E-state index contributed by atoms with van der Waals surface area (Å²) in [5, 5.41) is 7.69. The van der Waals surface area contributed by atoms with Gasteiger partial charge in [0, 0.05) is 19.1 Å². The molecule has 1 atom stereocenters. The summed E-state index contributed by atoms with van der Waals surface area (Å²) in [6.45, 7) is 7.78. The van der Waals surface area contributed by atoms with Gasteiger partial charge < -0.3 is 10.1 Å². The maximum Gasteiger partial charge on any atom is 0.150 e. The van der Waals surface area contributed by atoms with Crippen molar-refractivity contribution in [2.75, 3.05) is 19.8 Å². The SMILES string of the molecule is CCCn1ncnc1/C=C(/C)CC1COCCN1. The fourth-order valence-electron chi connectivity index (χ4n) is 2.19. The van der Waals surface area contributed by atoms with Crippen LogP contribution in [-0.4, -0.2) is 40.6 Å². The summed E-state index contributed by atoms with van der Waals surface area (Å²) in [5.41, 5.74) is 1.31. The van der Waals surface area contributed by atoms with Crippen LogP contribution in [0.5, 0.6) is 0 Å². The second-order valence-electron chi connectivity index (χ2n) is 4.76. The first-order chi connectivity index (χ1) is 8.79. The third-order valence-electron chi connectivity index (χ3n) is 3.02. The Morgan fingerprint density at radius 3 is 3.28 bits per heavy atom. The average Bonchev–Trinajstić information content (AvgIpc) is 2.78. The van der Waals surface area contributed by atoms with Crippen molar-refractivity contribution in [3.63, 3.8) is 0 Å². The van der Waals surface area contributed by atoms with E-state index in [4.69, 9.17) is 4.74 Å². The van der Waals surface area contributed by atoms with Crippen LogP contribution in [0, 0.1) is 0 Å². The second-order valence-corrected chi connectivity index (χ2v) is 4.76. The third kappa shape index (κ3) is 3.65. The number of hydrogen-bond acceptors (Lipinski definition) is 4. The summed E-state index contributed by atoms with van der Waals surface area (Å²) in [6, 6.07) is 0.428. The summed E-state index contributed by atoms with van der Waals surface area (Å²) in [5.74, 6) is 0.950. The Hall–Kier alpha value is -1.20. The molecule has 0 radical (unpaired) electrons. The first-order valence-electron chi connectivity index (χ1n) is 6.65. The summed E-state index contributed by atoms with van der Waals surface area (Å²) in [7, 11) is 0. The normalized spacial score (nSPS) is 21.2. The van der Waals surface area contributed by atoms with Gasteiger partial charge >= 0.3 is 0 Å². The number of rotatable bonds is 5. The van der Waals surface area contributed by atoms with Crippen LogP contribution in [0.3, 0.4) is 0 Å². The van der Waals surface area contributed by atoms with Crippen molar-refractivity contribution in [3.8, 4) is 0 Å². The Balaban J connectivity index is 1.95. The maximum atomic E-state index is 5.46. The molecular formula is C13H22N4O. The smallest absolute Gasteiger partial charge is 0.150 e. The highest BCUT2D eigenvalue weighted by atomic mass is 16.5. The van der Waals surface area contributed by atoms with Gasteiger partial charge in [0.25, 0.3) is 0 Å². The van der Waals surface area contributed by atoms with Crippen LogP contribution in [-0.2, 0) is 11.3 Å². The van der Waals surface area contributed by atoms with Crippen LogP contribution >= 0.6 is 0 Å².